The van der Waals surface area contributed by atoms with Gasteiger partial charge in [0.15, 0.2) is 6.23 Å². The SMILES string of the molecule is CC(=O)N[C@H]1C([C@H](O)[C@H](O)CO)O[C@](SP(=O)(O)OC[C@H]2O[C@@H](n3ccc(N)nc3=O)C(O)[C@H]2O)(C(=O)O)C[C@H]1O. The van der Waals surface area contributed by atoms with Gasteiger partial charge in [0.2, 0.25) is 10.8 Å². The molecular formula is C20H31N4O15PS. The van der Waals surface area contributed by atoms with Gasteiger partial charge in [-0.3, -0.25) is 13.9 Å². The van der Waals surface area contributed by atoms with Crippen LogP contribution in [0.4, 0.5) is 5.82 Å². The van der Waals surface area contributed by atoms with Gasteiger partial charge in [0.1, 0.15) is 42.4 Å². The molecule has 21 heteroatoms. The van der Waals surface area contributed by atoms with Crippen LogP contribution in [0.3, 0.4) is 0 Å². The summed E-state index contributed by atoms with van der Waals surface area (Å²) in [4.78, 5) is 47.2. The van der Waals surface area contributed by atoms with Crippen LogP contribution in [-0.4, -0.2) is 129 Å². The van der Waals surface area contributed by atoms with Crippen LogP contribution in [0.15, 0.2) is 17.1 Å². The van der Waals surface area contributed by atoms with Gasteiger partial charge in [0, 0.05) is 30.9 Å². The molecule has 1 amide bonds. The van der Waals surface area contributed by atoms with Gasteiger partial charge >= 0.3 is 18.5 Å². The van der Waals surface area contributed by atoms with Crippen molar-refractivity contribution in [3.05, 3.63) is 22.7 Å². The predicted molar refractivity (Wildman–Crippen MR) is 135 cm³/mol. The molecule has 0 aromatic carbocycles. The van der Waals surface area contributed by atoms with E-state index in [1.165, 1.54) is 6.07 Å². The number of carboxylic acid groups (broad SMARTS) is 1. The van der Waals surface area contributed by atoms with Gasteiger partial charge in [-0.15, -0.1) is 0 Å². The number of hydrogen-bond acceptors (Lipinski definition) is 16. The molecule has 0 aliphatic carbocycles. The number of aliphatic hydroxyl groups is 6. The van der Waals surface area contributed by atoms with E-state index in [0.717, 1.165) is 17.7 Å². The summed E-state index contributed by atoms with van der Waals surface area (Å²) < 4.78 is 29.6. The fourth-order valence-electron chi connectivity index (χ4n) is 4.32. The molecular weight excluding hydrogens is 599 g/mol. The van der Waals surface area contributed by atoms with Crippen molar-refractivity contribution in [1.82, 2.24) is 14.9 Å². The number of nitrogens with one attached hydrogen (secondary N) is 1. The Morgan fingerprint density at radius 2 is 2.00 bits per heavy atom. The van der Waals surface area contributed by atoms with Crippen molar-refractivity contribution in [3.63, 3.8) is 0 Å². The molecule has 0 bridgehead atoms. The lowest BCUT2D eigenvalue weighted by Crippen LogP contribution is -2.66. The van der Waals surface area contributed by atoms with Crippen LogP contribution in [0.2, 0.25) is 0 Å². The summed E-state index contributed by atoms with van der Waals surface area (Å²) in [6.45, 7) is -5.98. The van der Waals surface area contributed by atoms with E-state index in [1.807, 2.05) is 0 Å². The maximum atomic E-state index is 13.0. The Labute approximate surface area is 234 Å². The van der Waals surface area contributed by atoms with Gasteiger partial charge < -0.3 is 61.2 Å². The van der Waals surface area contributed by atoms with Gasteiger partial charge in [-0.1, -0.05) is 0 Å². The van der Waals surface area contributed by atoms with E-state index >= 15 is 0 Å². The third-order valence-electron chi connectivity index (χ3n) is 6.31. The molecule has 0 spiro atoms. The molecule has 1 aromatic rings. The second-order valence-corrected chi connectivity index (χ2v) is 13.3. The molecule has 11 N–H and O–H groups in total. The van der Waals surface area contributed by atoms with Gasteiger partial charge in [0.05, 0.1) is 25.4 Å². The molecule has 2 aliphatic rings. The lowest BCUT2D eigenvalue weighted by Gasteiger charge is -2.46. The number of ether oxygens (including phenoxy) is 2. The molecule has 41 heavy (non-hydrogen) atoms. The summed E-state index contributed by atoms with van der Waals surface area (Å²) in [7, 11) is 0. The van der Waals surface area contributed by atoms with E-state index in [-0.39, 0.29) is 17.2 Å². The van der Waals surface area contributed by atoms with Crippen LogP contribution < -0.4 is 16.7 Å². The lowest BCUT2D eigenvalue weighted by molar-refractivity contribution is -0.204. The van der Waals surface area contributed by atoms with Crippen molar-refractivity contribution in [2.75, 3.05) is 18.9 Å². The molecule has 3 heterocycles. The minimum Gasteiger partial charge on any atom is -0.478 e. The number of aliphatic carboxylic acids is 1. The van der Waals surface area contributed by atoms with Crippen LogP contribution in [0, 0.1) is 0 Å². The largest absolute Gasteiger partial charge is 0.478 e. The number of nitrogens with zero attached hydrogens (tertiary/aromatic N) is 2. The Morgan fingerprint density at radius 1 is 1.34 bits per heavy atom. The summed E-state index contributed by atoms with van der Waals surface area (Å²) in [6, 6.07) is -0.279. The van der Waals surface area contributed by atoms with Crippen molar-refractivity contribution in [2.24, 2.45) is 0 Å². The van der Waals surface area contributed by atoms with E-state index < -0.39 is 104 Å². The molecule has 2 saturated heterocycles. The van der Waals surface area contributed by atoms with Crippen LogP contribution >= 0.6 is 18.2 Å². The Balaban J connectivity index is 1.79. The first-order valence-corrected chi connectivity index (χ1v) is 14.9. The van der Waals surface area contributed by atoms with Crippen LogP contribution in [-0.2, 0) is 28.2 Å². The highest BCUT2D eigenvalue weighted by molar-refractivity contribution is 8.55. The summed E-state index contributed by atoms with van der Waals surface area (Å²) in [5, 5.41) is 73.1. The van der Waals surface area contributed by atoms with Crippen molar-refractivity contribution in [3.8, 4) is 0 Å². The summed E-state index contributed by atoms with van der Waals surface area (Å²) in [5.74, 6) is -2.75. The molecule has 19 nitrogen and oxygen atoms in total. The molecule has 1 aromatic heterocycles. The molecule has 232 valence electrons. The molecule has 3 unspecified atom stereocenters. The maximum Gasteiger partial charge on any atom is 0.389 e. The summed E-state index contributed by atoms with van der Waals surface area (Å²) in [5.41, 5.74) is 4.49. The zero-order chi connectivity index (χ0) is 30.9. The Bertz CT molecular complexity index is 1220. The van der Waals surface area contributed by atoms with E-state index in [1.54, 1.807) is 0 Å². The number of aromatic nitrogens is 2. The Hall–Kier alpha value is -2.20. The second-order valence-electron chi connectivity index (χ2n) is 9.32. The standard InChI is InChI=1S/C20H31N4O15PS/c1-7(26)22-12-8(27)4-20(18(32)33,39-16(12)13(29)9(28)5-25)41-40(35,36)37-6-10-14(30)15(31)17(38-10)24-3-2-11(21)23-19(24)34/h2-3,8-10,12-17,25,27-31H,4-6H2,1H3,(H,22,26)(H,32,33)(H,35,36)(H2,21,23,34)/t8-,9-,10-,12-,13-,14+,15?,16?,17-,20-/m1/s1. The Morgan fingerprint density at radius 3 is 2.56 bits per heavy atom. The first-order chi connectivity index (χ1) is 19.0. The van der Waals surface area contributed by atoms with E-state index in [2.05, 4.69) is 10.3 Å². The number of rotatable bonds is 11. The van der Waals surface area contributed by atoms with E-state index in [4.69, 9.17) is 19.7 Å². The second kappa shape index (κ2) is 13.0. The number of hydrogen-bond donors (Lipinski definition) is 10. The zero-order valence-electron chi connectivity index (χ0n) is 21.2. The lowest BCUT2D eigenvalue weighted by atomic mass is 9.90. The first kappa shape index (κ1) is 33.3. The third-order valence-corrected chi connectivity index (χ3v) is 9.65. The number of carbonyl (C=O) groups excluding carboxylic acids is 1. The summed E-state index contributed by atoms with van der Waals surface area (Å²) in [6.07, 6.45) is -13.9. The van der Waals surface area contributed by atoms with Gasteiger partial charge in [0.25, 0.3) is 0 Å². The first-order valence-electron chi connectivity index (χ1n) is 11.9. The van der Waals surface area contributed by atoms with Gasteiger partial charge in [-0.2, -0.15) is 4.98 Å². The minimum absolute atomic E-state index is 0.121. The van der Waals surface area contributed by atoms with Crippen LogP contribution in [0.5, 0.6) is 0 Å². The number of nitrogen functional groups attached to an aromatic ring is 1. The average Bonchev–Trinajstić information content (AvgIpc) is 3.16. The van der Waals surface area contributed by atoms with Gasteiger partial charge in [-0.05, 0) is 6.07 Å². The van der Waals surface area contributed by atoms with Gasteiger partial charge in [-0.25, -0.2) is 14.2 Å². The van der Waals surface area contributed by atoms with E-state index in [9.17, 15) is 59.6 Å². The van der Waals surface area contributed by atoms with Crippen LogP contribution in [0.25, 0.3) is 0 Å². The Kier molecular flexibility index (Phi) is 10.5. The number of aliphatic hydroxyl groups excluding tert-OH is 6. The predicted octanol–water partition coefficient (Wildman–Crippen LogP) is -4.56. The van der Waals surface area contributed by atoms with Crippen molar-refractivity contribution in [1.29, 1.82) is 0 Å². The minimum atomic E-state index is -5.10. The molecule has 2 fully saturated rings. The van der Waals surface area contributed by atoms with Crippen molar-refractivity contribution >= 4 is 35.9 Å². The zero-order valence-corrected chi connectivity index (χ0v) is 22.9. The number of nitrogens with two attached hydrogens (primary N) is 1. The number of carbonyl (C=O) groups is 2. The highest BCUT2D eigenvalue weighted by Gasteiger charge is 2.58. The topological polar surface area (TPSA) is 314 Å². The third kappa shape index (κ3) is 7.42. The molecule has 0 saturated carbocycles. The molecule has 3 rings (SSSR count). The van der Waals surface area contributed by atoms with Crippen LogP contribution in [0.1, 0.15) is 19.6 Å². The smallest absolute Gasteiger partial charge is 0.389 e. The quantitative estimate of drug-likeness (QED) is 0.103. The maximum absolute atomic E-state index is 13.0. The molecule has 11 atom stereocenters. The number of amides is 1. The molecule has 2 aliphatic heterocycles. The highest BCUT2D eigenvalue weighted by atomic mass is 32.7. The fourth-order valence-corrected chi connectivity index (χ4v) is 7.60. The van der Waals surface area contributed by atoms with Crippen molar-refractivity contribution < 1.29 is 68.8 Å². The number of anilines is 1. The normalized spacial score (nSPS) is 34.9. The van der Waals surface area contributed by atoms with E-state index in [0.29, 0.717) is 0 Å². The average molecular weight is 631 g/mol. The summed E-state index contributed by atoms with van der Waals surface area (Å²) >= 11 is -0.309. The monoisotopic (exact) mass is 630 g/mol. The number of carboxylic acids is 1. The fraction of sp³-hybridized carbons (Fsp3) is 0.700. The highest BCUT2D eigenvalue weighted by Crippen LogP contribution is 2.64. The van der Waals surface area contributed by atoms with Crippen molar-refractivity contribution in [2.45, 2.75) is 73.3 Å². The molecule has 0 radical (unpaired) electrons.